The van der Waals surface area contributed by atoms with Gasteiger partial charge < -0.3 is 15.8 Å². The molecule has 0 saturated carbocycles. The van der Waals surface area contributed by atoms with Crippen LogP contribution in [0.4, 0.5) is 4.79 Å². The number of amides is 1. The molecule has 0 heterocycles. The summed E-state index contributed by atoms with van der Waals surface area (Å²) < 4.78 is 5.05. The van der Waals surface area contributed by atoms with E-state index in [1.807, 2.05) is 34.6 Å². The molecule has 0 aromatic heterocycles. The van der Waals surface area contributed by atoms with Gasteiger partial charge in [-0.05, 0) is 34.6 Å². The second-order valence-electron chi connectivity index (χ2n) is 4.29. The van der Waals surface area contributed by atoms with E-state index in [-0.39, 0.29) is 12.1 Å². The summed E-state index contributed by atoms with van der Waals surface area (Å²) >= 11 is 0. The molecule has 0 aromatic carbocycles. The molecule has 0 radical (unpaired) electrons. The Balaban J connectivity index is 3.89. The molecule has 1 amide bonds. The van der Waals surface area contributed by atoms with E-state index in [1.54, 1.807) is 0 Å². The van der Waals surface area contributed by atoms with Crippen LogP contribution in [0.25, 0.3) is 0 Å². The standard InChI is InChI=1S/C9H20N2O2/c1-6(10)7(2)11-8(12)13-9(3,4)5/h6-7H,10H2,1-5H3,(H,11,12)/t6-,7+/m0/s1. The van der Waals surface area contributed by atoms with Crippen molar-refractivity contribution < 1.29 is 9.53 Å². The van der Waals surface area contributed by atoms with Gasteiger partial charge in [-0.15, -0.1) is 0 Å². The minimum absolute atomic E-state index is 0.0742. The minimum Gasteiger partial charge on any atom is -0.444 e. The van der Waals surface area contributed by atoms with Crippen LogP contribution in [-0.2, 0) is 4.74 Å². The van der Waals surface area contributed by atoms with Crippen LogP contribution in [0.3, 0.4) is 0 Å². The Morgan fingerprint density at radius 1 is 1.38 bits per heavy atom. The van der Waals surface area contributed by atoms with E-state index >= 15 is 0 Å². The van der Waals surface area contributed by atoms with Crippen LogP contribution in [0.5, 0.6) is 0 Å². The third kappa shape index (κ3) is 6.40. The molecule has 78 valence electrons. The lowest BCUT2D eigenvalue weighted by molar-refractivity contribution is 0.0503. The normalized spacial score (nSPS) is 16.2. The highest BCUT2D eigenvalue weighted by Gasteiger charge is 2.18. The largest absolute Gasteiger partial charge is 0.444 e. The first-order valence-electron chi connectivity index (χ1n) is 4.47. The summed E-state index contributed by atoms with van der Waals surface area (Å²) in [5.74, 6) is 0. The van der Waals surface area contributed by atoms with E-state index in [1.165, 1.54) is 0 Å². The third-order valence-corrected chi connectivity index (χ3v) is 1.53. The molecule has 4 nitrogen and oxygen atoms in total. The summed E-state index contributed by atoms with van der Waals surface area (Å²) in [5.41, 5.74) is 5.12. The zero-order chi connectivity index (χ0) is 10.6. The van der Waals surface area contributed by atoms with Crippen LogP contribution in [0.15, 0.2) is 0 Å². The van der Waals surface area contributed by atoms with E-state index in [0.29, 0.717) is 0 Å². The second-order valence-corrected chi connectivity index (χ2v) is 4.29. The Kier molecular flexibility index (Phi) is 4.20. The summed E-state index contributed by atoms with van der Waals surface area (Å²) in [4.78, 5) is 11.2. The molecule has 0 aliphatic carbocycles. The number of hydrogen-bond donors (Lipinski definition) is 2. The molecular weight excluding hydrogens is 168 g/mol. The average molecular weight is 188 g/mol. The Morgan fingerprint density at radius 2 is 1.85 bits per heavy atom. The molecule has 0 fully saturated rings. The minimum atomic E-state index is -0.457. The fourth-order valence-corrected chi connectivity index (χ4v) is 0.625. The summed E-state index contributed by atoms with van der Waals surface area (Å²) in [6.45, 7) is 9.14. The van der Waals surface area contributed by atoms with Gasteiger partial charge in [-0.3, -0.25) is 0 Å². The Hall–Kier alpha value is -0.770. The fourth-order valence-electron chi connectivity index (χ4n) is 0.625. The van der Waals surface area contributed by atoms with E-state index in [2.05, 4.69) is 5.32 Å². The van der Waals surface area contributed by atoms with E-state index < -0.39 is 11.7 Å². The zero-order valence-electron chi connectivity index (χ0n) is 9.05. The highest BCUT2D eigenvalue weighted by atomic mass is 16.6. The molecule has 0 aromatic rings. The maximum Gasteiger partial charge on any atom is 0.407 e. The number of carbonyl (C=O) groups excluding carboxylic acids is 1. The van der Waals surface area contributed by atoms with Crippen molar-refractivity contribution in [1.82, 2.24) is 5.32 Å². The number of hydrogen-bond acceptors (Lipinski definition) is 3. The van der Waals surface area contributed by atoms with Crippen LogP contribution in [-0.4, -0.2) is 23.8 Å². The molecule has 0 aliphatic heterocycles. The quantitative estimate of drug-likeness (QED) is 0.685. The number of alkyl carbamates (subject to hydrolysis) is 1. The topological polar surface area (TPSA) is 64.3 Å². The van der Waals surface area contributed by atoms with Crippen LogP contribution in [0, 0.1) is 0 Å². The first kappa shape index (κ1) is 12.2. The Bertz CT molecular complexity index is 173. The van der Waals surface area contributed by atoms with Crippen molar-refractivity contribution in [3.63, 3.8) is 0 Å². The number of rotatable bonds is 2. The van der Waals surface area contributed by atoms with Crippen molar-refractivity contribution in [1.29, 1.82) is 0 Å². The van der Waals surface area contributed by atoms with E-state index in [9.17, 15) is 4.79 Å². The first-order chi connectivity index (χ1) is 5.72. The van der Waals surface area contributed by atoms with Gasteiger partial charge in [0.05, 0.1) is 0 Å². The predicted molar refractivity (Wildman–Crippen MR) is 52.5 cm³/mol. The van der Waals surface area contributed by atoms with Gasteiger partial charge in [0.2, 0.25) is 0 Å². The Morgan fingerprint density at radius 3 is 2.15 bits per heavy atom. The Labute approximate surface area is 79.8 Å². The molecule has 0 saturated heterocycles. The number of ether oxygens (including phenoxy) is 1. The number of carbonyl (C=O) groups is 1. The highest BCUT2D eigenvalue weighted by molar-refractivity contribution is 5.68. The lowest BCUT2D eigenvalue weighted by Gasteiger charge is -2.23. The molecule has 3 N–H and O–H groups in total. The van der Waals surface area contributed by atoms with Crippen LogP contribution in [0.2, 0.25) is 0 Å². The van der Waals surface area contributed by atoms with Gasteiger partial charge in [0, 0.05) is 12.1 Å². The fraction of sp³-hybridized carbons (Fsp3) is 0.889. The molecule has 0 rings (SSSR count). The van der Waals surface area contributed by atoms with Crippen molar-refractivity contribution in [2.45, 2.75) is 52.3 Å². The lowest BCUT2D eigenvalue weighted by Crippen LogP contribution is -2.45. The smallest absolute Gasteiger partial charge is 0.407 e. The van der Waals surface area contributed by atoms with Crippen molar-refractivity contribution in [2.24, 2.45) is 5.73 Å². The maximum atomic E-state index is 11.2. The molecule has 0 unspecified atom stereocenters. The third-order valence-electron chi connectivity index (χ3n) is 1.53. The van der Waals surface area contributed by atoms with E-state index in [0.717, 1.165) is 0 Å². The van der Waals surface area contributed by atoms with E-state index in [4.69, 9.17) is 10.5 Å². The second kappa shape index (κ2) is 4.46. The first-order valence-corrected chi connectivity index (χ1v) is 4.47. The highest BCUT2D eigenvalue weighted by Crippen LogP contribution is 2.06. The van der Waals surface area contributed by atoms with Crippen LogP contribution < -0.4 is 11.1 Å². The maximum absolute atomic E-state index is 11.2. The lowest BCUT2D eigenvalue weighted by atomic mass is 10.2. The summed E-state index contributed by atoms with van der Waals surface area (Å²) in [6.07, 6.45) is -0.419. The van der Waals surface area contributed by atoms with Gasteiger partial charge in [-0.2, -0.15) is 0 Å². The average Bonchev–Trinajstić information content (AvgIpc) is 1.81. The van der Waals surface area contributed by atoms with Crippen molar-refractivity contribution in [2.75, 3.05) is 0 Å². The summed E-state index contributed by atoms with van der Waals surface area (Å²) in [5, 5.41) is 2.65. The van der Waals surface area contributed by atoms with Gasteiger partial charge >= 0.3 is 6.09 Å². The van der Waals surface area contributed by atoms with Gasteiger partial charge in [-0.25, -0.2) is 4.79 Å². The molecule has 0 bridgehead atoms. The molecule has 4 heteroatoms. The van der Waals surface area contributed by atoms with Gasteiger partial charge in [0.25, 0.3) is 0 Å². The van der Waals surface area contributed by atoms with Crippen molar-refractivity contribution in [3.05, 3.63) is 0 Å². The molecular formula is C9H20N2O2. The molecule has 13 heavy (non-hydrogen) atoms. The van der Waals surface area contributed by atoms with Gasteiger partial charge in [-0.1, -0.05) is 0 Å². The number of nitrogens with two attached hydrogens (primary N) is 1. The number of nitrogens with one attached hydrogen (secondary N) is 1. The molecule has 2 atom stereocenters. The van der Waals surface area contributed by atoms with Crippen LogP contribution >= 0.6 is 0 Å². The van der Waals surface area contributed by atoms with Gasteiger partial charge in [0.1, 0.15) is 5.60 Å². The molecule has 0 spiro atoms. The van der Waals surface area contributed by atoms with Gasteiger partial charge in [0.15, 0.2) is 0 Å². The monoisotopic (exact) mass is 188 g/mol. The summed E-state index contributed by atoms with van der Waals surface area (Å²) in [7, 11) is 0. The molecule has 0 aliphatic rings. The van der Waals surface area contributed by atoms with Crippen molar-refractivity contribution >= 4 is 6.09 Å². The van der Waals surface area contributed by atoms with Crippen LogP contribution in [0.1, 0.15) is 34.6 Å². The van der Waals surface area contributed by atoms with Crippen molar-refractivity contribution in [3.8, 4) is 0 Å². The predicted octanol–water partition coefficient (Wildman–Crippen LogP) is 1.25. The summed E-state index contributed by atoms with van der Waals surface area (Å²) in [6, 6.07) is -0.151. The zero-order valence-corrected chi connectivity index (χ0v) is 9.05. The SMILES string of the molecule is C[C@H](N)[C@@H](C)NC(=O)OC(C)(C)C.